The van der Waals surface area contributed by atoms with Crippen LogP contribution in [-0.2, 0) is 43.2 Å². The molecule has 1 heterocycles. The summed E-state index contributed by atoms with van der Waals surface area (Å²) in [6.07, 6.45) is 0.759. The molecule has 0 spiro atoms. The molecular weight excluding hydrogens is 1030 g/mol. The van der Waals surface area contributed by atoms with Crippen LogP contribution in [0.3, 0.4) is 0 Å². The standard InChI is InChI=1S/C56H84N14O10/c1-31(2)29-42(46(57)72)63-50(75)40(22-18-28-59-49(74)38-25-23-37(24-26-38)47-67-69-70(68-47)39-19-15-14-16-20-39)62-54(79)45(34(7)8)65-55(80)56(12,13)66-52(77)43(30-32(3)4)64-51(76)41(21-17-27-58-48(73)35(9)10)61-53(78)44(33(5)6)60-36(11)71/h14-16,19-20,23-26,31-34,40-45H,9,17-18,21-22,27-30H2,1-8,10-13H3,(H2,57,72)(H,58,73)(H,59,74)(H,60,71)(H,61,78)(H,62,79)(H,63,75)(H,64,76)(H,65,80)(H,66,77). The van der Waals surface area contributed by atoms with E-state index in [-0.39, 0.29) is 80.8 Å². The van der Waals surface area contributed by atoms with Gasteiger partial charge in [-0.05, 0) is 112 Å². The average molecular weight is 1110 g/mol. The maximum absolute atomic E-state index is 14.2. The Morgan fingerprint density at radius 2 is 1.09 bits per heavy atom. The molecule has 2 aromatic carbocycles. The number of amides is 10. The quantitative estimate of drug-likeness (QED) is 0.0317. The number of nitrogens with one attached hydrogen (secondary N) is 9. The van der Waals surface area contributed by atoms with Crippen molar-refractivity contribution in [1.29, 1.82) is 0 Å². The summed E-state index contributed by atoms with van der Waals surface area (Å²) < 4.78 is 0. The van der Waals surface area contributed by atoms with Gasteiger partial charge in [0.25, 0.3) is 5.91 Å². The minimum absolute atomic E-state index is 0.0142. The van der Waals surface area contributed by atoms with Crippen molar-refractivity contribution in [1.82, 2.24) is 68.1 Å². The Labute approximate surface area is 468 Å². The first-order chi connectivity index (χ1) is 37.5. The van der Waals surface area contributed by atoms with E-state index in [1.54, 1.807) is 58.9 Å². The molecule has 0 bridgehead atoms. The van der Waals surface area contributed by atoms with Gasteiger partial charge in [0.15, 0.2) is 0 Å². The number of nitrogens with two attached hydrogens (primary N) is 1. The van der Waals surface area contributed by atoms with Gasteiger partial charge < -0.3 is 53.6 Å². The minimum Gasteiger partial charge on any atom is -0.368 e. The summed E-state index contributed by atoms with van der Waals surface area (Å²) >= 11 is 0. The van der Waals surface area contributed by atoms with Crippen molar-refractivity contribution in [3.8, 4) is 17.1 Å². The fraction of sp³-hybridized carbons (Fsp3) is 0.554. The lowest BCUT2D eigenvalue weighted by Gasteiger charge is -2.32. The number of hydrogen-bond acceptors (Lipinski definition) is 13. The Bertz CT molecular complexity index is 2630. The fourth-order valence-electron chi connectivity index (χ4n) is 8.13. The van der Waals surface area contributed by atoms with Crippen LogP contribution in [0.15, 0.2) is 66.7 Å². The number of primary amides is 1. The zero-order chi connectivity index (χ0) is 60.0. The number of benzene rings is 2. The monoisotopic (exact) mass is 1110 g/mol. The highest BCUT2D eigenvalue weighted by atomic mass is 16.2. The van der Waals surface area contributed by atoms with Crippen LogP contribution in [0, 0.1) is 23.7 Å². The van der Waals surface area contributed by atoms with Gasteiger partial charge in [0.2, 0.25) is 59.0 Å². The van der Waals surface area contributed by atoms with Crippen molar-refractivity contribution < 1.29 is 47.9 Å². The van der Waals surface area contributed by atoms with Crippen molar-refractivity contribution in [2.75, 3.05) is 13.1 Å². The van der Waals surface area contributed by atoms with Crippen molar-refractivity contribution in [3.63, 3.8) is 0 Å². The second kappa shape index (κ2) is 31.5. The van der Waals surface area contributed by atoms with Gasteiger partial charge in [-0.1, -0.05) is 92.3 Å². The molecule has 3 rings (SSSR count). The van der Waals surface area contributed by atoms with Gasteiger partial charge in [-0.15, -0.1) is 15.0 Å². The first-order valence-electron chi connectivity index (χ1n) is 27.1. The Morgan fingerprint density at radius 1 is 0.600 bits per heavy atom. The molecule has 0 radical (unpaired) electrons. The van der Waals surface area contributed by atoms with E-state index in [9.17, 15) is 47.9 Å². The largest absolute Gasteiger partial charge is 0.368 e. The molecule has 1 aromatic heterocycles. The Balaban J connectivity index is 1.77. The third kappa shape index (κ3) is 21.6. The molecule has 0 fully saturated rings. The fourth-order valence-corrected chi connectivity index (χ4v) is 8.13. The molecule has 0 saturated carbocycles. The third-order valence-corrected chi connectivity index (χ3v) is 12.6. The van der Waals surface area contributed by atoms with Crippen LogP contribution < -0.4 is 53.6 Å². The van der Waals surface area contributed by atoms with Crippen LogP contribution in [0.25, 0.3) is 17.1 Å². The van der Waals surface area contributed by atoms with Crippen LogP contribution in [0.1, 0.15) is 132 Å². The number of nitrogens with zero attached hydrogens (tertiary/aromatic N) is 4. The zero-order valence-electron chi connectivity index (χ0n) is 48.3. The first kappa shape index (κ1) is 66.2. The smallest absolute Gasteiger partial charge is 0.251 e. The molecule has 0 aliphatic rings. The summed E-state index contributed by atoms with van der Waals surface area (Å²) in [5.41, 5.74) is 5.93. The summed E-state index contributed by atoms with van der Waals surface area (Å²) in [4.78, 5) is 135. The highest BCUT2D eigenvalue weighted by Gasteiger charge is 2.38. The Morgan fingerprint density at radius 3 is 1.57 bits per heavy atom. The molecule has 10 amide bonds. The minimum atomic E-state index is -1.71. The lowest BCUT2D eigenvalue weighted by molar-refractivity contribution is -0.138. The van der Waals surface area contributed by atoms with Crippen molar-refractivity contribution in [3.05, 3.63) is 72.3 Å². The van der Waals surface area contributed by atoms with Crippen LogP contribution >= 0.6 is 0 Å². The van der Waals surface area contributed by atoms with Crippen LogP contribution in [0.5, 0.6) is 0 Å². The van der Waals surface area contributed by atoms with E-state index in [4.69, 9.17) is 5.73 Å². The van der Waals surface area contributed by atoms with Crippen molar-refractivity contribution >= 4 is 59.1 Å². The maximum atomic E-state index is 14.2. The molecule has 0 saturated heterocycles. The van der Waals surface area contributed by atoms with Gasteiger partial charge in [-0.3, -0.25) is 47.9 Å². The molecule has 24 nitrogen and oxygen atoms in total. The molecule has 6 unspecified atom stereocenters. The topological polar surface area (TPSA) is 349 Å². The molecule has 438 valence electrons. The van der Waals surface area contributed by atoms with Crippen LogP contribution in [-0.4, -0.2) is 134 Å². The predicted octanol–water partition coefficient (Wildman–Crippen LogP) is 2.02. The highest BCUT2D eigenvalue weighted by Crippen LogP contribution is 2.17. The summed E-state index contributed by atoms with van der Waals surface area (Å²) in [7, 11) is 0. The Kier molecular flexibility index (Phi) is 26.1. The highest BCUT2D eigenvalue weighted by molar-refractivity contribution is 5.99. The zero-order valence-corrected chi connectivity index (χ0v) is 48.3. The van der Waals surface area contributed by atoms with Gasteiger partial charge in [-0.2, -0.15) is 0 Å². The van der Waals surface area contributed by atoms with E-state index in [2.05, 4.69) is 69.8 Å². The second-order valence-electron chi connectivity index (χ2n) is 22.0. The van der Waals surface area contributed by atoms with Crippen molar-refractivity contribution in [2.24, 2.45) is 29.4 Å². The van der Waals surface area contributed by atoms with E-state index in [0.29, 0.717) is 17.0 Å². The normalized spacial score (nSPS) is 13.7. The number of carbonyl (C=O) groups is 10. The molecule has 24 heteroatoms. The summed E-state index contributed by atoms with van der Waals surface area (Å²) in [5, 5.41) is 37.0. The number of rotatable bonds is 32. The number of tetrazole rings is 1. The summed E-state index contributed by atoms with van der Waals surface area (Å²) in [6.45, 7) is 23.6. The van der Waals surface area contributed by atoms with Gasteiger partial charge in [0.05, 0.1) is 5.69 Å². The van der Waals surface area contributed by atoms with Crippen molar-refractivity contribution in [2.45, 2.75) is 163 Å². The third-order valence-electron chi connectivity index (χ3n) is 12.6. The van der Waals surface area contributed by atoms with Crippen LogP contribution in [0.4, 0.5) is 0 Å². The first-order valence-corrected chi connectivity index (χ1v) is 27.1. The average Bonchev–Trinajstić information content (AvgIpc) is 3.88. The molecule has 0 aliphatic heterocycles. The summed E-state index contributed by atoms with van der Waals surface area (Å²) in [6, 6.07) is 8.84. The number of aromatic nitrogens is 4. The van der Waals surface area contributed by atoms with E-state index in [1.807, 2.05) is 58.0 Å². The van der Waals surface area contributed by atoms with Gasteiger partial charge in [-0.25, -0.2) is 0 Å². The van der Waals surface area contributed by atoms with E-state index >= 15 is 0 Å². The van der Waals surface area contributed by atoms with Gasteiger partial charge in [0, 0.05) is 36.7 Å². The van der Waals surface area contributed by atoms with E-state index < -0.39 is 101 Å². The van der Waals surface area contributed by atoms with Gasteiger partial charge >= 0.3 is 0 Å². The molecule has 3 aromatic rings. The second-order valence-corrected chi connectivity index (χ2v) is 22.0. The van der Waals surface area contributed by atoms with Crippen LogP contribution in [0.2, 0.25) is 0 Å². The summed E-state index contributed by atoms with van der Waals surface area (Å²) in [5.74, 6) is -7.15. The lowest BCUT2D eigenvalue weighted by Crippen LogP contribution is -2.64. The molecule has 11 N–H and O–H groups in total. The SMILES string of the molecule is C=C(C)C(=O)NCCCC(NC(=O)C(NC(C)=O)C(C)C)C(=O)NC(CC(C)C)C(=O)NC(C)(C)C(=O)NC(C(=O)NC(CCCNC(=O)c1ccc(-c2nnn(-c3ccccc3)n2)cc1)C(=O)NC(CC(C)C)C(N)=O)C(C)C. The number of para-hydroxylation sites is 1. The molecular formula is C56H84N14O10. The lowest BCUT2D eigenvalue weighted by atomic mass is 9.97. The molecule has 6 atom stereocenters. The van der Waals surface area contributed by atoms with E-state index in [1.165, 1.54) is 25.6 Å². The maximum Gasteiger partial charge on any atom is 0.251 e. The van der Waals surface area contributed by atoms with E-state index in [0.717, 1.165) is 5.69 Å². The molecule has 0 aliphatic carbocycles. The molecule has 80 heavy (non-hydrogen) atoms. The predicted molar refractivity (Wildman–Crippen MR) is 300 cm³/mol. The number of carbonyl (C=O) groups excluding carboxylic acids is 10. The Hall–Kier alpha value is -8.05. The van der Waals surface area contributed by atoms with Gasteiger partial charge in [0.1, 0.15) is 41.8 Å². The number of hydrogen-bond donors (Lipinski definition) is 10.